The van der Waals surface area contributed by atoms with E-state index < -0.39 is 0 Å². The molecule has 0 saturated carbocycles. The molecule has 6 nitrogen and oxygen atoms in total. The monoisotopic (exact) mass is 351 g/mol. The van der Waals surface area contributed by atoms with E-state index in [1.54, 1.807) is 24.2 Å². The van der Waals surface area contributed by atoms with Gasteiger partial charge in [-0.25, -0.2) is 0 Å². The first-order chi connectivity index (χ1) is 12.5. The van der Waals surface area contributed by atoms with Crippen LogP contribution in [-0.2, 0) is 6.42 Å². The van der Waals surface area contributed by atoms with E-state index in [0.29, 0.717) is 24.2 Å². The largest absolute Gasteiger partial charge is 0.361 e. The Hall–Kier alpha value is -3.15. The summed E-state index contributed by atoms with van der Waals surface area (Å²) in [5.41, 5.74) is 2.76. The Labute approximate surface area is 151 Å². The second-order valence-electron chi connectivity index (χ2n) is 6.23. The Kier molecular flexibility index (Phi) is 5.31. The summed E-state index contributed by atoms with van der Waals surface area (Å²) in [4.78, 5) is 28.2. The van der Waals surface area contributed by atoms with Crippen LogP contribution in [0.3, 0.4) is 0 Å². The number of carbonyl (C=O) groups excluding carboxylic acids is 2. The van der Waals surface area contributed by atoms with E-state index in [0.717, 1.165) is 23.4 Å². The van der Waals surface area contributed by atoms with Crippen LogP contribution in [0.2, 0.25) is 0 Å². The summed E-state index contributed by atoms with van der Waals surface area (Å²) in [6.45, 7) is 2.05. The number of ketones is 1. The van der Waals surface area contributed by atoms with Crippen molar-refractivity contribution in [2.24, 2.45) is 0 Å². The van der Waals surface area contributed by atoms with Gasteiger partial charge in [-0.2, -0.15) is 0 Å². The third-order valence-electron chi connectivity index (χ3n) is 4.21. The van der Waals surface area contributed by atoms with Gasteiger partial charge in [0.1, 0.15) is 17.1 Å². The predicted molar refractivity (Wildman–Crippen MR) is 98.0 cm³/mol. The number of benzene rings is 1. The van der Waals surface area contributed by atoms with Crippen LogP contribution in [-0.4, -0.2) is 40.3 Å². The van der Waals surface area contributed by atoms with E-state index in [2.05, 4.69) is 10.1 Å². The zero-order valence-electron chi connectivity index (χ0n) is 14.9. The molecule has 0 radical (unpaired) electrons. The van der Waals surface area contributed by atoms with Crippen LogP contribution >= 0.6 is 0 Å². The molecule has 1 N–H and O–H groups in total. The van der Waals surface area contributed by atoms with E-state index in [9.17, 15) is 9.59 Å². The van der Waals surface area contributed by atoms with Gasteiger partial charge in [-0.3, -0.25) is 9.59 Å². The number of rotatable bonds is 7. The summed E-state index contributed by atoms with van der Waals surface area (Å²) in [6, 6.07) is 13.4. The molecule has 6 heteroatoms. The van der Waals surface area contributed by atoms with Gasteiger partial charge in [0.15, 0.2) is 5.78 Å². The molecule has 1 aromatic carbocycles. The SMILES string of the molecule is CC(=O)c1c[nH]c(C(=O)N(C)CCCc2cc(-c3ccccc3)no2)c1. The molecule has 0 unspecified atom stereocenters. The maximum absolute atomic E-state index is 12.4. The van der Waals surface area contributed by atoms with Gasteiger partial charge >= 0.3 is 0 Å². The highest BCUT2D eigenvalue weighted by Gasteiger charge is 2.15. The molecule has 3 aromatic rings. The number of aromatic nitrogens is 2. The van der Waals surface area contributed by atoms with E-state index in [1.807, 2.05) is 36.4 Å². The summed E-state index contributed by atoms with van der Waals surface area (Å²) in [5.74, 6) is 0.589. The van der Waals surface area contributed by atoms with Gasteiger partial charge < -0.3 is 14.4 Å². The smallest absolute Gasteiger partial charge is 0.270 e. The minimum Gasteiger partial charge on any atom is -0.361 e. The van der Waals surface area contributed by atoms with Gasteiger partial charge in [-0.1, -0.05) is 35.5 Å². The first-order valence-corrected chi connectivity index (χ1v) is 8.50. The van der Waals surface area contributed by atoms with Gasteiger partial charge in [0.25, 0.3) is 5.91 Å². The Morgan fingerprint density at radius 2 is 1.96 bits per heavy atom. The van der Waals surface area contributed by atoms with Crippen molar-refractivity contribution in [2.45, 2.75) is 19.8 Å². The Balaban J connectivity index is 1.52. The van der Waals surface area contributed by atoms with Crippen LogP contribution in [0.15, 0.2) is 53.2 Å². The second kappa shape index (κ2) is 7.82. The molecular formula is C20H21N3O3. The van der Waals surface area contributed by atoms with Gasteiger partial charge in [0.05, 0.1) is 0 Å². The fourth-order valence-electron chi connectivity index (χ4n) is 2.69. The third kappa shape index (κ3) is 4.08. The summed E-state index contributed by atoms with van der Waals surface area (Å²) < 4.78 is 5.38. The normalized spacial score (nSPS) is 10.7. The van der Waals surface area contributed by atoms with Crippen molar-refractivity contribution in [3.05, 3.63) is 65.7 Å². The molecule has 0 aliphatic rings. The van der Waals surface area contributed by atoms with Gasteiger partial charge in [-0.15, -0.1) is 0 Å². The molecular weight excluding hydrogens is 330 g/mol. The number of aryl methyl sites for hydroxylation is 1. The Morgan fingerprint density at radius 1 is 1.19 bits per heavy atom. The molecule has 0 saturated heterocycles. The van der Waals surface area contributed by atoms with Crippen molar-refractivity contribution >= 4 is 11.7 Å². The topological polar surface area (TPSA) is 79.2 Å². The van der Waals surface area contributed by atoms with Crippen LogP contribution < -0.4 is 0 Å². The molecule has 0 fully saturated rings. The highest BCUT2D eigenvalue weighted by molar-refractivity contribution is 5.98. The zero-order chi connectivity index (χ0) is 18.5. The minimum atomic E-state index is -0.139. The molecule has 0 aliphatic carbocycles. The lowest BCUT2D eigenvalue weighted by Crippen LogP contribution is -2.28. The number of hydrogen-bond acceptors (Lipinski definition) is 4. The summed E-state index contributed by atoms with van der Waals surface area (Å²) >= 11 is 0. The molecule has 134 valence electrons. The third-order valence-corrected chi connectivity index (χ3v) is 4.21. The number of hydrogen-bond donors (Lipinski definition) is 1. The van der Waals surface area contributed by atoms with Crippen molar-refractivity contribution in [3.63, 3.8) is 0 Å². The fraction of sp³-hybridized carbons (Fsp3) is 0.250. The van der Waals surface area contributed by atoms with Crippen molar-refractivity contribution < 1.29 is 14.1 Å². The number of nitrogens with one attached hydrogen (secondary N) is 1. The lowest BCUT2D eigenvalue weighted by atomic mass is 10.1. The maximum Gasteiger partial charge on any atom is 0.270 e. The number of aromatic amines is 1. The molecule has 0 bridgehead atoms. The Morgan fingerprint density at radius 3 is 2.65 bits per heavy atom. The molecule has 2 heterocycles. The summed E-state index contributed by atoms with van der Waals surface area (Å²) in [6.07, 6.45) is 3.01. The number of Topliss-reactive ketones (excluding diaryl/α,β-unsaturated/α-hetero) is 1. The second-order valence-corrected chi connectivity index (χ2v) is 6.23. The number of amides is 1. The van der Waals surface area contributed by atoms with E-state index in [1.165, 1.54) is 6.92 Å². The fourth-order valence-corrected chi connectivity index (χ4v) is 2.69. The van der Waals surface area contributed by atoms with Crippen LogP contribution in [0.4, 0.5) is 0 Å². The van der Waals surface area contributed by atoms with Crippen LogP contribution in [0.25, 0.3) is 11.3 Å². The molecule has 2 aromatic heterocycles. The number of carbonyl (C=O) groups is 2. The summed E-state index contributed by atoms with van der Waals surface area (Å²) in [7, 11) is 1.74. The van der Waals surface area contributed by atoms with Gasteiger partial charge in [-0.05, 0) is 19.4 Å². The van der Waals surface area contributed by atoms with Gasteiger partial charge in [0, 0.05) is 43.4 Å². The Bertz CT molecular complexity index is 896. The lowest BCUT2D eigenvalue weighted by molar-refractivity contribution is 0.0787. The van der Waals surface area contributed by atoms with Crippen LogP contribution in [0, 0.1) is 0 Å². The average molecular weight is 351 g/mol. The predicted octanol–water partition coefficient (Wildman–Crippen LogP) is 3.58. The molecule has 0 aliphatic heterocycles. The first kappa shape index (κ1) is 17.7. The van der Waals surface area contributed by atoms with Crippen molar-refractivity contribution in [2.75, 3.05) is 13.6 Å². The molecule has 26 heavy (non-hydrogen) atoms. The molecule has 0 atom stereocenters. The number of H-pyrrole nitrogens is 1. The van der Waals surface area contributed by atoms with Crippen molar-refractivity contribution in [1.29, 1.82) is 0 Å². The molecule has 0 spiro atoms. The van der Waals surface area contributed by atoms with Crippen LogP contribution in [0.1, 0.15) is 40.0 Å². The van der Waals surface area contributed by atoms with Crippen molar-refractivity contribution in [3.8, 4) is 11.3 Å². The lowest BCUT2D eigenvalue weighted by Gasteiger charge is -2.15. The average Bonchev–Trinajstić information content (AvgIpc) is 3.31. The highest BCUT2D eigenvalue weighted by Crippen LogP contribution is 2.19. The zero-order valence-corrected chi connectivity index (χ0v) is 14.9. The van der Waals surface area contributed by atoms with Crippen molar-refractivity contribution in [1.82, 2.24) is 15.0 Å². The van der Waals surface area contributed by atoms with Gasteiger partial charge in [0.2, 0.25) is 0 Å². The highest BCUT2D eigenvalue weighted by atomic mass is 16.5. The van der Waals surface area contributed by atoms with E-state index in [4.69, 9.17) is 4.52 Å². The van der Waals surface area contributed by atoms with E-state index in [-0.39, 0.29) is 11.7 Å². The molecule has 1 amide bonds. The summed E-state index contributed by atoms with van der Waals surface area (Å²) in [5, 5.41) is 4.09. The minimum absolute atomic E-state index is 0.0671. The standard InChI is InChI=1S/C20H21N3O3/c1-14(24)16-11-19(21-13-16)20(25)23(2)10-6-9-17-12-18(22-26-17)15-7-4-3-5-8-15/h3-5,7-8,11-13,21H,6,9-10H2,1-2H3. The molecule has 3 rings (SSSR count). The quantitative estimate of drug-likeness (QED) is 0.660. The van der Waals surface area contributed by atoms with E-state index >= 15 is 0 Å². The van der Waals surface area contributed by atoms with Crippen LogP contribution in [0.5, 0.6) is 0 Å². The maximum atomic E-state index is 12.4. The first-order valence-electron chi connectivity index (χ1n) is 8.50. The number of nitrogens with zero attached hydrogens (tertiary/aromatic N) is 2.